The summed E-state index contributed by atoms with van der Waals surface area (Å²) in [6, 6.07) is 17.4. The molecule has 0 saturated carbocycles. The zero-order chi connectivity index (χ0) is 24.8. The van der Waals surface area contributed by atoms with Crippen LogP contribution >= 0.6 is 31.9 Å². The van der Waals surface area contributed by atoms with Crippen molar-refractivity contribution >= 4 is 56.0 Å². The van der Waals surface area contributed by atoms with Gasteiger partial charge in [-0.05, 0) is 85.5 Å². The summed E-state index contributed by atoms with van der Waals surface area (Å²) in [5.74, 6) is 0.780. The maximum Gasteiger partial charge on any atom is 0.287 e. The van der Waals surface area contributed by atoms with E-state index >= 15 is 0 Å². The van der Waals surface area contributed by atoms with Crippen molar-refractivity contribution in [3.05, 3.63) is 92.0 Å². The lowest BCUT2D eigenvalue weighted by atomic mass is 10.1. The monoisotopic (exact) mass is 599 g/mol. The SMILES string of the molecule is COc1c(Br)cc(/C=N\NC(=O)/C(=C\c2ccc3c(c2)OCO3)NC(=O)c2ccccc2)cc1Br. The van der Waals surface area contributed by atoms with Gasteiger partial charge in [-0.3, -0.25) is 9.59 Å². The summed E-state index contributed by atoms with van der Waals surface area (Å²) >= 11 is 6.86. The fraction of sp³-hybridized carbons (Fsp3) is 0.0800. The van der Waals surface area contributed by atoms with Crippen LogP contribution in [0.25, 0.3) is 6.08 Å². The summed E-state index contributed by atoms with van der Waals surface area (Å²) in [5.41, 5.74) is 4.22. The van der Waals surface area contributed by atoms with Crippen LogP contribution in [-0.4, -0.2) is 31.9 Å². The van der Waals surface area contributed by atoms with Gasteiger partial charge in [-0.25, -0.2) is 5.43 Å². The maximum atomic E-state index is 13.0. The van der Waals surface area contributed by atoms with Gasteiger partial charge in [-0.1, -0.05) is 24.3 Å². The molecule has 2 N–H and O–H groups in total. The van der Waals surface area contributed by atoms with Gasteiger partial charge in [-0.2, -0.15) is 5.10 Å². The van der Waals surface area contributed by atoms with E-state index in [-0.39, 0.29) is 12.5 Å². The van der Waals surface area contributed by atoms with E-state index in [4.69, 9.17) is 14.2 Å². The van der Waals surface area contributed by atoms with Crippen LogP contribution in [0.3, 0.4) is 0 Å². The van der Waals surface area contributed by atoms with Crippen molar-refractivity contribution in [3.8, 4) is 17.2 Å². The Hall–Kier alpha value is -3.63. The quantitative estimate of drug-likeness (QED) is 0.229. The second-order valence-corrected chi connectivity index (χ2v) is 8.92. The Kier molecular flexibility index (Phi) is 7.84. The molecule has 178 valence electrons. The molecule has 4 rings (SSSR count). The van der Waals surface area contributed by atoms with Crippen LogP contribution in [0.2, 0.25) is 0 Å². The lowest BCUT2D eigenvalue weighted by molar-refractivity contribution is -0.117. The molecule has 0 bridgehead atoms. The van der Waals surface area contributed by atoms with E-state index in [9.17, 15) is 9.59 Å². The highest BCUT2D eigenvalue weighted by Crippen LogP contribution is 2.34. The van der Waals surface area contributed by atoms with Gasteiger partial charge in [-0.15, -0.1) is 0 Å². The van der Waals surface area contributed by atoms with E-state index in [1.165, 1.54) is 12.3 Å². The highest BCUT2D eigenvalue weighted by atomic mass is 79.9. The molecule has 3 aromatic carbocycles. The highest BCUT2D eigenvalue weighted by Gasteiger charge is 2.17. The van der Waals surface area contributed by atoms with Gasteiger partial charge in [0.1, 0.15) is 11.4 Å². The minimum absolute atomic E-state index is 0.00644. The minimum atomic E-state index is -0.602. The van der Waals surface area contributed by atoms with Gasteiger partial charge >= 0.3 is 0 Å². The van der Waals surface area contributed by atoms with E-state index in [1.807, 2.05) is 0 Å². The third kappa shape index (κ3) is 6.09. The summed E-state index contributed by atoms with van der Waals surface area (Å²) in [7, 11) is 1.57. The van der Waals surface area contributed by atoms with Crippen LogP contribution in [0.4, 0.5) is 0 Å². The fourth-order valence-electron chi connectivity index (χ4n) is 3.19. The Morgan fingerprint density at radius 3 is 2.40 bits per heavy atom. The second-order valence-electron chi connectivity index (χ2n) is 7.21. The van der Waals surface area contributed by atoms with E-state index in [2.05, 4.69) is 47.7 Å². The molecule has 8 nitrogen and oxygen atoms in total. The number of methoxy groups -OCH3 is 1. The van der Waals surface area contributed by atoms with Gasteiger partial charge in [0.25, 0.3) is 11.8 Å². The Morgan fingerprint density at radius 1 is 0.971 bits per heavy atom. The maximum absolute atomic E-state index is 13.0. The first-order chi connectivity index (χ1) is 16.9. The van der Waals surface area contributed by atoms with Gasteiger partial charge < -0.3 is 19.5 Å². The molecule has 3 aromatic rings. The number of benzene rings is 3. The second kappa shape index (κ2) is 11.2. The normalized spacial score (nSPS) is 12.5. The minimum Gasteiger partial charge on any atom is -0.494 e. The highest BCUT2D eigenvalue weighted by molar-refractivity contribution is 9.11. The molecular formula is C25H19Br2N3O5. The zero-order valence-corrected chi connectivity index (χ0v) is 21.6. The van der Waals surface area contributed by atoms with Gasteiger partial charge in [0.2, 0.25) is 6.79 Å². The lowest BCUT2D eigenvalue weighted by Crippen LogP contribution is -2.32. The summed E-state index contributed by atoms with van der Waals surface area (Å²) in [4.78, 5) is 25.7. The standard InChI is InChI=1S/C25H19Br2N3O5/c1-33-23-18(26)9-16(10-19(23)27)13-28-30-25(32)20(29-24(31)17-5-3-2-4-6-17)11-15-7-8-21-22(12-15)35-14-34-21/h2-13H,14H2,1H3,(H,29,31)(H,30,32)/b20-11+,28-13-. The zero-order valence-electron chi connectivity index (χ0n) is 18.4. The number of amides is 2. The smallest absolute Gasteiger partial charge is 0.287 e. The third-order valence-electron chi connectivity index (χ3n) is 4.84. The molecular weight excluding hydrogens is 582 g/mol. The number of nitrogens with zero attached hydrogens (tertiary/aromatic N) is 1. The van der Waals surface area contributed by atoms with Crippen molar-refractivity contribution in [1.29, 1.82) is 0 Å². The number of carbonyl (C=O) groups excluding carboxylic acids is 2. The van der Waals surface area contributed by atoms with Crippen molar-refractivity contribution in [1.82, 2.24) is 10.7 Å². The van der Waals surface area contributed by atoms with Crippen LogP contribution in [0.5, 0.6) is 17.2 Å². The van der Waals surface area contributed by atoms with Crippen molar-refractivity contribution in [2.45, 2.75) is 0 Å². The summed E-state index contributed by atoms with van der Waals surface area (Å²) in [5, 5.41) is 6.70. The topological polar surface area (TPSA) is 98.2 Å². The summed E-state index contributed by atoms with van der Waals surface area (Å²) < 4.78 is 17.5. The summed E-state index contributed by atoms with van der Waals surface area (Å²) in [6.45, 7) is 0.132. The first-order valence-electron chi connectivity index (χ1n) is 10.3. The predicted octanol–water partition coefficient (Wildman–Crippen LogP) is 4.87. The third-order valence-corrected chi connectivity index (χ3v) is 6.02. The molecule has 1 heterocycles. The van der Waals surface area contributed by atoms with Crippen molar-refractivity contribution in [2.24, 2.45) is 5.10 Å². The molecule has 35 heavy (non-hydrogen) atoms. The molecule has 10 heteroatoms. The van der Waals surface area contributed by atoms with Crippen LogP contribution in [-0.2, 0) is 4.79 Å². The van der Waals surface area contributed by atoms with Crippen molar-refractivity contribution in [3.63, 3.8) is 0 Å². The largest absolute Gasteiger partial charge is 0.494 e. The number of hydrazone groups is 1. The first-order valence-corrected chi connectivity index (χ1v) is 11.9. The summed E-state index contributed by atoms with van der Waals surface area (Å²) in [6.07, 6.45) is 3.01. The number of carbonyl (C=O) groups is 2. The molecule has 0 radical (unpaired) electrons. The van der Waals surface area contributed by atoms with Gasteiger partial charge in [0.15, 0.2) is 11.5 Å². The Labute approximate surface area is 218 Å². The average molecular weight is 601 g/mol. The van der Waals surface area contributed by atoms with E-state index in [0.29, 0.717) is 33.9 Å². The molecule has 1 aliphatic heterocycles. The molecule has 0 unspecified atom stereocenters. The Bertz CT molecular complexity index is 1300. The number of rotatable bonds is 7. The van der Waals surface area contributed by atoms with E-state index in [1.54, 1.807) is 67.8 Å². The number of hydrogen-bond acceptors (Lipinski definition) is 6. The molecule has 0 aliphatic carbocycles. The molecule has 1 aliphatic rings. The Balaban J connectivity index is 1.56. The molecule has 2 amide bonds. The molecule has 0 fully saturated rings. The lowest BCUT2D eigenvalue weighted by Gasteiger charge is -2.10. The van der Waals surface area contributed by atoms with E-state index < -0.39 is 11.8 Å². The number of fused-ring (bicyclic) bond motifs is 1. The molecule has 0 spiro atoms. The van der Waals surface area contributed by atoms with Crippen molar-refractivity contribution < 1.29 is 23.8 Å². The Morgan fingerprint density at radius 2 is 1.69 bits per heavy atom. The molecule has 0 atom stereocenters. The number of ether oxygens (including phenoxy) is 3. The average Bonchev–Trinajstić information content (AvgIpc) is 3.32. The van der Waals surface area contributed by atoms with Crippen LogP contribution in [0.1, 0.15) is 21.5 Å². The first kappa shape index (κ1) is 24.5. The van der Waals surface area contributed by atoms with Crippen LogP contribution in [0.15, 0.2) is 80.4 Å². The van der Waals surface area contributed by atoms with E-state index in [0.717, 1.165) is 8.95 Å². The number of hydrogen-bond donors (Lipinski definition) is 2. The van der Waals surface area contributed by atoms with Crippen LogP contribution in [0, 0.1) is 0 Å². The van der Waals surface area contributed by atoms with Crippen molar-refractivity contribution in [2.75, 3.05) is 13.9 Å². The molecule has 0 aromatic heterocycles. The fourth-order valence-corrected chi connectivity index (χ4v) is 4.73. The van der Waals surface area contributed by atoms with Crippen LogP contribution < -0.4 is 25.0 Å². The molecule has 0 saturated heterocycles. The number of halogens is 2. The van der Waals surface area contributed by atoms with Gasteiger partial charge in [0, 0.05) is 5.56 Å². The number of nitrogens with one attached hydrogen (secondary N) is 2. The van der Waals surface area contributed by atoms with Gasteiger partial charge in [0.05, 0.1) is 22.3 Å². The predicted molar refractivity (Wildman–Crippen MR) is 139 cm³/mol.